The summed E-state index contributed by atoms with van der Waals surface area (Å²) in [6.07, 6.45) is 6.16. The molecule has 1 heterocycles. The average Bonchev–Trinajstić information content (AvgIpc) is 3.51. The minimum atomic E-state index is -0.319. The van der Waals surface area contributed by atoms with E-state index in [1.165, 1.54) is 12.1 Å². The number of carbonyl (C=O) groups excluding carboxylic acids is 2. The second-order valence-electron chi connectivity index (χ2n) is 8.25. The van der Waals surface area contributed by atoms with Crippen molar-refractivity contribution in [1.29, 1.82) is 0 Å². The van der Waals surface area contributed by atoms with Gasteiger partial charge in [0.05, 0.1) is 19.4 Å². The van der Waals surface area contributed by atoms with E-state index in [4.69, 9.17) is 9.15 Å². The maximum absolute atomic E-state index is 13.3. The molecule has 1 fully saturated rings. The lowest BCUT2D eigenvalue weighted by Crippen LogP contribution is -2.44. The monoisotopic (exact) mass is 444 g/mol. The van der Waals surface area contributed by atoms with Crippen molar-refractivity contribution in [1.82, 2.24) is 9.80 Å². The zero-order chi connectivity index (χ0) is 22.8. The van der Waals surface area contributed by atoms with Crippen LogP contribution >= 0.6 is 0 Å². The Labute approximate surface area is 189 Å². The number of carbonyl (C=O) groups is 2. The van der Waals surface area contributed by atoms with Crippen LogP contribution < -0.4 is 0 Å². The van der Waals surface area contributed by atoms with Gasteiger partial charge in [0.2, 0.25) is 11.8 Å². The van der Waals surface area contributed by atoms with Crippen LogP contribution in [0.5, 0.6) is 0 Å². The molecule has 3 rings (SSSR count). The van der Waals surface area contributed by atoms with Crippen molar-refractivity contribution >= 4 is 11.8 Å². The Balaban J connectivity index is 1.71. The van der Waals surface area contributed by atoms with Gasteiger partial charge in [0.1, 0.15) is 11.6 Å². The molecule has 2 aromatic rings. The summed E-state index contributed by atoms with van der Waals surface area (Å²) in [7, 11) is 0. The summed E-state index contributed by atoms with van der Waals surface area (Å²) in [5.41, 5.74) is 0.816. The summed E-state index contributed by atoms with van der Waals surface area (Å²) in [5.74, 6) is 0.247. The van der Waals surface area contributed by atoms with Crippen LogP contribution in [0.4, 0.5) is 4.39 Å². The molecule has 1 saturated carbocycles. The maximum Gasteiger partial charge on any atom is 0.242 e. The minimum Gasteiger partial charge on any atom is -0.467 e. The van der Waals surface area contributed by atoms with Crippen LogP contribution in [0.25, 0.3) is 0 Å². The lowest BCUT2D eigenvalue weighted by molar-refractivity contribution is -0.143. The van der Waals surface area contributed by atoms with Crippen LogP contribution in [0.2, 0.25) is 0 Å². The standard InChI is InChI=1S/C25H33FN2O4/c1-2-31-15-6-14-27(25(30)21-7-3-4-8-21)19-24(29)28(18-23-9-5-16-32-23)17-20-10-12-22(26)13-11-20/h5,9-13,16,21H,2-4,6-8,14-15,17-19H2,1H3. The highest BCUT2D eigenvalue weighted by Gasteiger charge is 2.29. The Hall–Kier alpha value is -2.67. The lowest BCUT2D eigenvalue weighted by Gasteiger charge is -2.29. The van der Waals surface area contributed by atoms with Crippen molar-refractivity contribution < 1.29 is 23.1 Å². The first-order chi connectivity index (χ1) is 15.6. The summed E-state index contributed by atoms with van der Waals surface area (Å²) in [6.45, 7) is 4.23. The van der Waals surface area contributed by atoms with E-state index in [2.05, 4.69) is 0 Å². The maximum atomic E-state index is 13.3. The van der Waals surface area contributed by atoms with Gasteiger partial charge < -0.3 is 19.0 Å². The second-order valence-corrected chi connectivity index (χ2v) is 8.25. The van der Waals surface area contributed by atoms with Crippen LogP contribution in [-0.2, 0) is 27.4 Å². The summed E-state index contributed by atoms with van der Waals surface area (Å²) < 4.78 is 24.2. The van der Waals surface area contributed by atoms with Crippen LogP contribution in [0.1, 0.15) is 50.4 Å². The molecular formula is C25H33FN2O4. The van der Waals surface area contributed by atoms with E-state index >= 15 is 0 Å². The first-order valence-electron chi connectivity index (χ1n) is 11.5. The minimum absolute atomic E-state index is 0.00511. The van der Waals surface area contributed by atoms with Crippen LogP contribution in [-0.4, -0.2) is 47.9 Å². The van der Waals surface area contributed by atoms with Crippen molar-refractivity contribution in [3.05, 3.63) is 59.8 Å². The lowest BCUT2D eigenvalue weighted by atomic mass is 10.1. The van der Waals surface area contributed by atoms with Gasteiger partial charge in [-0.25, -0.2) is 4.39 Å². The molecule has 1 aliphatic carbocycles. The van der Waals surface area contributed by atoms with E-state index in [1.54, 1.807) is 34.3 Å². The molecule has 6 nitrogen and oxygen atoms in total. The van der Waals surface area contributed by atoms with Crippen molar-refractivity contribution in [2.24, 2.45) is 5.92 Å². The third-order valence-electron chi connectivity index (χ3n) is 5.83. The molecule has 174 valence electrons. The third kappa shape index (κ3) is 7.19. The van der Waals surface area contributed by atoms with Gasteiger partial charge in [-0.05, 0) is 56.0 Å². The SMILES string of the molecule is CCOCCCN(CC(=O)N(Cc1ccc(F)cc1)Cc1ccco1)C(=O)C1CCCC1. The van der Waals surface area contributed by atoms with Gasteiger partial charge in [0, 0.05) is 32.2 Å². The second kappa shape index (κ2) is 12.4. The van der Waals surface area contributed by atoms with Crippen molar-refractivity contribution in [2.75, 3.05) is 26.3 Å². The summed E-state index contributed by atoms with van der Waals surface area (Å²) in [4.78, 5) is 29.8. The number of ether oxygens (including phenoxy) is 1. The van der Waals surface area contributed by atoms with Gasteiger partial charge >= 0.3 is 0 Å². The number of hydrogen-bond donors (Lipinski definition) is 0. The van der Waals surface area contributed by atoms with E-state index in [0.29, 0.717) is 38.5 Å². The highest BCUT2D eigenvalue weighted by molar-refractivity contribution is 5.86. The molecule has 1 aromatic carbocycles. The van der Waals surface area contributed by atoms with Crippen molar-refractivity contribution in [3.8, 4) is 0 Å². The third-order valence-corrected chi connectivity index (χ3v) is 5.83. The molecule has 7 heteroatoms. The Morgan fingerprint density at radius 3 is 2.50 bits per heavy atom. The van der Waals surface area contributed by atoms with Crippen LogP contribution in [0, 0.1) is 11.7 Å². The molecule has 1 aliphatic rings. The molecular weight excluding hydrogens is 411 g/mol. The highest BCUT2D eigenvalue weighted by Crippen LogP contribution is 2.27. The molecule has 0 bridgehead atoms. The smallest absolute Gasteiger partial charge is 0.242 e. The predicted octanol–water partition coefficient (Wildman–Crippen LogP) is 4.39. The van der Waals surface area contributed by atoms with Gasteiger partial charge in [-0.2, -0.15) is 0 Å². The number of benzene rings is 1. The van der Waals surface area contributed by atoms with Gasteiger partial charge in [-0.15, -0.1) is 0 Å². The van der Waals surface area contributed by atoms with Gasteiger partial charge in [0.15, 0.2) is 0 Å². The zero-order valence-electron chi connectivity index (χ0n) is 18.8. The topological polar surface area (TPSA) is 63.0 Å². The number of amides is 2. The fourth-order valence-corrected chi connectivity index (χ4v) is 4.10. The van der Waals surface area contributed by atoms with Crippen LogP contribution in [0.15, 0.2) is 47.1 Å². The molecule has 0 atom stereocenters. The first kappa shape index (κ1) is 24.0. The van der Waals surface area contributed by atoms with E-state index in [1.807, 2.05) is 13.0 Å². The molecule has 0 N–H and O–H groups in total. The molecule has 1 aromatic heterocycles. The van der Waals surface area contributed by atoms with Crippen LogP contribution in [0.3, 0.4) is 0 Å². The molecule has 0 radical (unpaired) electrons. The van der Waals surface area contributed by atoms with Gasteiger partial charge in [-0.1, -0.05) is 25.0 Å². The molecule has 32 heavy (non-hydrogen) atoms. The van der Waals surface area contributed by atoms with E-state index < -0.39 is 0 Å². The van der Waals surface area contributed by atoms with Gasteiger partial charge in [0.25, 0.3) is 0 Å². The zero-order valence-corrected chi connectivity index (χ0v) is 18.8. The summed E-state index contributed by atoms with van der Waals surface area (Å²) in [5, 5.41) is 0. The number of nitrogens with zero attached hydrogens (tertiary/aromatic N) is 2. The van der Waals surface area contributed by atoms with Crippen molar-refractivity contribution in [3.63, 3.8) is 0 Å². The molecule has 0 saturated heterocycles. The highest BCUT2D eigenvalue weighted by atomic mass is 19.1. The fourth-order valence-electron chi connectivity index (χ4n) is 4.10. The molecule has 0 spiro atoms. The Morgan fingerprint density at radius 1 is 1.09 bits per heavy atom. The summed E-state index contributed by atoms with van der Waals surface area (Å²) >= 11 is 0. The predicted molar refractivity (Wildman–Crippen MR) is 119 cm³/mol. The van der Waals surface area contributed by atoms with Gasteiger partial charge in [-0.3, -0.25) is 9.59 Å². The Bertz CT molecular complexity index is 832. The summed E-state index contributed by atoms with van der Waals surface area (Å²) in [6, 6.07) is 9.69. The molecule has 0 unspecified atom stereocenters. The van der Waals surface area contributed by atoms with E-state index in [9.17, 15) is 14.0 Å². The molecule has 2 amide bonds. The largest absolute Gasteiger partial charge is 0.467 e. The number of hydrogen-bond acceptors (Lipinski definition) is 4. The Kier molecular flexibility index (Phi) is 9.28. The van der Waals surface area contributed by atoms with Crippen molar-refractivity contribution in [2.45, 2.75) is 52.1 Å². The number of halogens is 1. The quantitative estimate of drug-likeness (QED) is 0.456. The Morgan fingerprint density at radius 2 is 1.84 bits per heavy atom. The average molecular weight is 445 g/mol. The fraction of sp³-hybridized carbons (Fsp3) is 0.520. The first-order valence-corrected chi connectivity index (χ1v) is 11.5. The normalized spacial score (nSPS) is 13.9. The van der Waals surface area contributed by atoms with E-state index in [0.717, 1.165) is 31.2 Å². The number of furan rings is 1. The molecule has 0 aliphatic heterocycles. The number of rotatable bonds is 12. The van der Waals surface area contributed by atoms with E-state index in [-0.39, 0.29) is 36.6 Å².